The van der Waals surface area contributed by atoms with E-state index in [0.717, 1.165) is 16.0 Å². The highest BCUT2D eigenvalue weighted by atomic mass is 35.5. The van der Waals surface area contributed by atoms with Crippen LogP contribution in [0.15, 0.2) is 69.7 Å². The maximum atomic E-state index is 13.7. The van der Waals surface area contributed by atoms with E-state index in [4.69, 9.17) is 20.8 Å². The Balaban J connectivity index is 1.67. The third kappa shape index (κ3) is 3.48. The van der Waals surface area contributed by atoms with Crippen LogP contribution in [-0.2, 0) is 4.79 Å². The van der Waals surface area contributed by atoms with E-state index < -0.39 is 23.5 Å². The number of benzene rings is 2. The number of aryl methyl sites for hydroxylation is 2. The van der Waals surface area contributed by atoms with E-state index in [9.17, 15) is 14.7 Å². The van der Waals surface area contributed by atoms with Gasteiger partial charge < -0.3 is 14.3 Å². The van der Waals surface area contributed by atoms with Gasteiger partial charge in [-0.15, -0.1) is 11.3 Å². The second-order valence-electron chi connectivity index (χ2n) is 8.11. The van der Waals surface area contributed by atoms with Gasteiger partial charge in [-0.2, -0.15) is 0 Å². The highest BCUT2D eigenvalue weighted by Crippen LogP contribution is 2.45. The molecule has 0 fully saturated rings. The van der Waals surface area contributed by atoms with E-state index in [-0.39, 0.29) is 11.3 Å². The number of carbonyl (C=O) groups is 2. The van der Waals surface area contributed by atoms with Gasteiger partial charge in [-0.05, 0) is 54.6 Å². The number of nitrogens with zero attached hydrogens (tertiary/aromatic N) is 1. The van der Waals surface area contributed by atoms with Gasteiger partial charge in [0.1, 0.15) is 6.04 Å². The molecule has 5 rings (SSSR count). The smallest absolute Gasteiger partial charge is 0.294 e. The van der Waals surface area contributed by atoms with E-state index in [1.807, 2.05) is 49.6 Å². The summed E-state index contributed by atoms with van der Waals surface area (Å²) in [6.07, 6.45) is 0. The molecular formula is C26H20ClNO5S. The number of hydrogen-bond donors (Lipinski definition) is 1. The van der Waals surface area contributed by atoms with Crippen molar-refractivity contribution in [2.45, 2.75) is 19.9 Å². The van der Waals surface area contributed by atoms with Crippen LogP contribution in [0.3, 0.4) is 0 Å². The number of aliphatic hydroxyl groups excluding tert-OH is 1. The molecule has 172 valence electrons. The molecule has 1 aliphatic rings. The van der Waals surface area contributed by atoms with Gasteiger partial charge in [0.25, 0.3) is 5.91 Å². The average Bonchev–Trinajstić information content (AvgIpc) is 3.54. The van der Waals surface area contributed by atoms with Crippen LogP contribution in [0.25, 0.3) is 11.0 Å². The zero-order chi connectivity index (χ0) is 24.1. The molecule has 3 heterocycles. The summed E-state index contributed by atoms with van der Waals surface area (Å²) >= 11 is 7.56. The summed E-state index contributed by atoms with van der Waals surface area (Å²) in [6.45, 7) is 3.82. The SMILES string of the molecule is COc1cc(Cl)cc2cc(C(=O)C3=C(O)C(=O)N(c4cc(C)ccc4C)C3c3cccs3)oc12. The van der Waals surface area contributed by atoms with Crippen LogP contribution in [-0.4, -0.2) is 23.9 Å². The molecule has 0 saturated heterocycles. The molecule has 8 heteroatoms. The van der Waals surface area contributed by atoms with Gasteiger partial charge in [0.2, 0.25) is 5.78 Å². The Hall–Kier alpha value is -3.55. The van der Waals surface area contributed by atoms with Gasteiger partial charge in [0, 0.05) is 27.0 Å². The van der Waals surface area contributed by atoms with Crippen molar-refractivity contribution in [3.63, 3.8) is 0 Å². The molecule has 1 amide bonds. The number of ether oxygens (including phenoxy) is 1. The summed E-state index contributed by atoms with van der Waals surface area (Å²) in [5, 5.41) is 13.8. The lowest BCUT2D eigenvalue weighted by molar-refractivity contribution is -0.117. The maximum Gasteiger partial charge on any atom is 0.294 e. The second kappa shape index (κ2) is 8.34. The molecule has 2 aromatic carbocycles. The fourth-order valence-corrected chi connectivity index (χ4v) is 5.30. The molecule has 2 aromatic heterocycles. The Kier molecular flexibility index (Phi) is 5.46. The summed E-state index contributed by atoms with van der Waals surface area (Å²) in [4.78, 5) is 29.3. The van der Waals surface area contributed by atoms with E-state index in [0.29, 0.717) is 27.4 Å². The monoisotopic (exact) mass is 493 g/mol. The number of furan rings is 1. The fraction of sp³-hybridized carbons (Fsp3) is 0.154. The first-order chi connectivity index (χ1) is 16.3. The predicted octanol–water partition coefficient (Wildman–Crippen LogP) is 6.56. The number of carbonyl (C=O) groups excluding carboxylic acids is 2. The Bertz CT molecular complexity index is 1480. The van der Waals surface area contributed by atoms with Crippen LogP contribution in [0, 0.1) is 13.8 Å². The Labute approximate surface area is 204 Å². The average molecular weight is 494 g/mol. The van der Waals surface area contributed by atoms with Crippen molar-refractivity contribution >= 4 is 51.3 Å². The normalized spacial score (nSPS) is 16.1. The molecule has 0 spiro atoms. The highest BCUT2D eigenvalue weighted by molar-refractivity contribution is 7.10. The predicted molar refractivity (Wildman–Crippen MR) is 132 cm³/mol. The minimum atomic E-state index is -0.792. The van der Waals surface area contributed by atoms with Gasteiger partial charge in [-0.25, -0.2) is 0 Å². The minimum Gasteiger partial charge on any atom is -0.503 e. The topological polar surface area (TPSA) is 80.0 Å². The first-order valence-corrected chi connectivity index (χ1v) is 11.7. The number of methoxy groups -OCH3 is 1. The number of amides is 1. The number of thiophene rings is 1. The van der Waals surface area contributed by atoms with Crippen LogP contribution in [0.2, 0.25) is 5.02 Å². The molecule has 1 aliphatic heterocycles. The summed E-state index contributed by atoms with van der Waals surface area (Å²) in [7, 11) is 1.48. The van der Waals surface area contributed by atoms with Crippen molar-refractivity contribution in [2.24, 2.45) is 0 Å². The number of halogens is 1. The lowest BCUT2D eigenvalue weighted by Gasteiger charge is -2.27. The molecule has 1 N–H and O–H groups in total. The number of ketones is 1. The van der Waals surface area contributed by atoms with Crippen LogP contribution in [0.5, 0.6) is 5.75 Å². The third-order valence-electron chi connectivity index (χ3n) is 5.88. The standard InChI is InChI=1S/C26H20ClNO5S/c1-13-6-7-14(2)17(9-13)28-22(20-5-4-8-34-20)21(24(30)26(28)31)23(29)18-11-15-10-16(27)12-19(32-3)25(15)33-18/h4-12,22,30H,1-3H3. The lowest BCUT2D eigenvalue weighted by Crippen LogP contribution is -2.31. The maximum absolute atomic E-state index is 13.7. The zero-order valence-electron chi connectivity index (χ0n) is 18.6. The molecule has 0 radical (unpaired) electrons. The van der Waals surface area contributed by atoms with Gasteiger partial charge in [0.05, 0.1) is 12.7 Å². The van der Waals surface area contributed by atoms with Crippen molar-refractivity contribution in [2.75, 3.05) is 12.0 Å². The minimum absolute atomic E-state index is 0.0192. The Morgan fingerprint density at radius 2 is 1.97 bits per heavy atom. The first kappa shape index (κ1) is 22.3. The van der Waals surface area contributed by atoms with Crippen molar-refractivity contribution in [1.29, 1.82) is 0 Å². The van der Waals surface area contributed by atoms with Crippen LogP contribution >= 0.6 is 22.9 Å². The van der Waals surface area contributed by atoms with Gasteiger partial charge in [-0.3, -0.25) is 14.5 Å². The van der Waals surface area contributed by atoms with Crippen LogP contribution in [0.1, 0.15) is 32.6 Å². The molecule has 0 aliphatic carbocycles. The largest absolute Gasteiger partial charge is 0.503 e. The van der Waals surface area contributed by atoms with Gasteiger partial charge in [0.15, 0.2) is 22.9 Å². The number of hydrogen-bond acceptors (Lipinski definition) is 6. The van der Waals surface area contributed by atoms with Crippen molar-refractivity contribution in [3.05, 3.63) is 92.0 Å². The first-order valence-electron chi connectivity index (χ1n) is 10.5. The Morgan fingerprint density at radius 1 is 1.18 bits per heavy atom. The number of aliphatic hydroxyl groups is 1. The molecule has 1 atom stereocenters. The van der Waals surface area contributed by atoms with E-state index >= 15 is 0 Å². The van der Waals surface area contributed by atoms with Crippen molar-refractivity contribution in [1.82, 2.24) is 0 Å². The lowest BCUT2D eigenvalue weighted by atomic mass is 9.99. The molecule has 6 nitrogen and oxygen atoms in total. The molecule has 0 bridgehead atoms. The van der Waals surface area contributed by atoms with E-state index in [1.54, 1.807) is 18.2 Å². The molecule has 4 aromatic rings. The van der Waals surface area contributed by atoms with Crippen LogP contribution < -0.4 is 9.64 Å². The third-order valence-corrected chi connectivity index (χ3v) is 7.02. The van der Waals surface area contributed by atoms with E-state index in [2.05, 4.69) is 0 Å². The second-order valence-corrected chi connectivity index (χ2v) is 9.53. The number of rotatable bonds is 5. The van der Waals surface area contributed by atoms with Crippen molar-refractivity contribution < 1.29 is 23.8 Å². The van der Waals surface area contributed by atoms with Crippen LogP contribution in [0.4, 0.5) is 5.69 Å². The quantitative estimate of drug-likeness (QED) is 0.318. The summed E-state index contributed by atoms with van der Waals surface area (Å²) in [5.41, 5.74) is 2.77. The molecule has 34 heavy (non-hydrogen) atoms. The molecular weight excluding hydrogens is 474 g/mol. The fourth-order valence-electron chi connectivity index (χ4n) is 4.26. The van der Waals surface area contributed by atoms with E-state index in [1.165, 1.54) is 23.3 Å². The number of anilines is 1. The number of Topliss-reactive ketones (excluding diaryl/α,β-unsaturated/α-hetero) is 1. The van der Waals surface area contributed by atoms with Gasteiger partial charge >= 0.3 is 0 Å². The molecule has 0 saturated carbocycles. The zero-order valence-corrected chi connectivity index (χ0v) is 20.2. The number of fused-ring (bicyclic) bond motifs is 1. The van der Waals surface area contributed by atoms with Crippen molar-refractivity contribution in [3.8, 4) is 5.75 Å². The summed E-state index contributed by atoms with van der Waals surface area (Å²) in [6, 6.07) is 13.4. The Morgan fingerprint density at radius 3 is 2.68 bits per heavy atom. The van der Waals surface area contributed by atoms with Gasteiger partial charge in [-0.1, -0.05) is 29.8 Å². The summed E-state index contributed by atoms with van der Waals surface area (Å²) < 4.78 is 11.2. The molecule has 1 unspecified atom stereocenters. The highest BCUT2D eigenvalue weighted by Gasteiger charge is 2.46. The summed E-state index contributed by atoms with van der Waals surface area (Å²) in [5.74, 6) is -1.43.